The van der Waals surface area contributed by atoms with Gasteiger partial charge in [0.15, 0.2) is 0 Å². The van der Waals surface area contributed by atoms with Gasteiger partial charge in [-0.3, -0.25) is 0 Å². The van der Waals surface area contributed by atoms with E-state index < -0.39 is 11.7 Å². The van der Waals surface area contributed by atoms with Gasteiger partial charge in [0, 0.05) is 13.1 Å². The van der Waals surface area contributed by atoms with E-state index >= 15 is 0 Å². The Labute approximate surface area is 113 Å². The molecule has 0 unspecified atom stereocenters. The molecule has 1 rings (SSSR count). The van der Waals surface area contributed by atoms with Gasteiger partial charge in [-0.25, -0.2) is 9.78 Å². The van der Waals surface area contributed by atoms with Crippen LogP contribution in [0.4, 0.5) is 16.3 Å². The first kappa shape index (κ1) is 15.1. The number of ether oxygens (including phenoxy) is 1. The van der Waals surface area contributed by atoms with Crippen LogP contribution in [0.15, 0.2) is 12.3 Å². The summed E-state index contributed by atoms with van der Waals surface area (Å²) >= 11 is 0. The molecule has 4 N–H and O–H groups in total. The highest BCUT2D eigenvalue weighted by atomic mass is 16.6. The summed E-state index contributed by atoms with van der Waals surface area (Å²) in [4.78, 5) is 15.6. The molecule has 0 saturated carbocycles. The van der Waals surface area contributed by atoms with E-state index in [1.807, 2.05) is 33.8 Å². The molecule has 6 heteroatoms. The molecule has 0 bridgehead atoms. The lowest BCUT2D eigenvalue weighted by Crippen LogP contribution is -2.35. The number of anilines is 2. The van der Waals surface area contributed by atoms with Crippen molar-refractivity contribution in [3.05, 3.63) is 17.8 Å². The molecule has 0 radical (unpaired) electrons. The molecule has 1 heterocycles. The minimum atomic E-state index is -0.480. The molecule has 1 amide bonds. The van der Waals surface area contributed by atoms with Gasteiger partial charge in [-0.15, -0.1) is 0 Å². The summed E-state index contributed by atoms with van der Waals surface area (Å²) in [6.07, 6.45) is 1.17. The third-order valence-corrected chi connectivity index (χ3v) is 2.19. The number of carbonyl (C=O) groups excluding carboxylic acids is 1. The van der Waals surface area contributed by atoms with Crippen molar-refractivity contribution in [2.45, 2.75) is 33.3 Å². The molecule has 6 nitrogen and oxygen atoms in total. The fourth-order valence-electron chi connectivity index (χ4n) is 1.44. The van der Waals surface area contributed by atoms with E-state index in [1.165, 1.54) is 0 Å². The van der Waals surface area contributed by atoms with Gasteiger partial charge in [0.1, 0.15) is 11.4 Å². The molecular weight excluding hydrogens is 244 g/mol. The van der Waals surface area contributed by atoms with Crippen LogP contribution < -0.4 is 16.4 Å². The van der Waals surface area contributed by atoms with Crippen molar-refractivity contribution in [1.29, 1.82) is 0 Å². The highest BCUT2D eigenvalue weighted by Crippen LogP contribution is 2.13. The molecule has 0 aliphatic carbocycles. The van der Waals surface area contributed by atoms with Crippen molar-refractivity contribution in [1.82, 2.24) is 10.3 Å². The highest BCUT2D eigenvalue weighted by Gasteiger charge is 2.15. The Morgan fingerprint density at radius 3 is 2.68 bits per heavy atom. The zero-order chi connectivity index (χ0) is 14.5. The number of rotatable bonds is 4. The molecule has 106 valence electrons. The first-order chi connectivity index (χ1) is 8.78. The molecule has 1 aromatic heterocycles. The average molecular weight is 266 g/mol. The van der Waals surface area contributed by atoms with E-state index in [4.69, 9.17) is 10.5 Å². The molecule has 0 atom stereocenters. The van der Waals surface area contributed by atoms with Crippen molar-refractivity contribution >= 4 is 17.6 Å². The monoisotopic (exact) mass is 266 g/mol. The van der Waals surface area contributed by atoms with Crippen LogP contribution in [0.3, 0.4) is 0 Å². The number of nitrogen functional groups attached to an aromatic ring is 1. The maximum Gasteiger partial charge on any atom is 0.407 e. The Morgan fingerprint density at radius 2 is 2.11 bits per heavy atom. The molecule has 1 aromatic rings. The maximum atomic E-state index is 11.4. The number of nitrogens with two attached hydrogens (primary N) is 1. The fourth-order valence-corrected chi connectivity index (χ4v) is 1.44. The van der Waals surface area contributed by atoms with E-state index in [2.05, 4.69) is 15.6 Å². The molecule has 0 aromatic carbocycles. The minimum absolute atomic E-state index is 0.420. The van der Waals surface area contributed by atoms with Crippen LogP contribution in [0.2, 0.25) is 0 Å². The van der Waals surface area contributed by atoms with Crippen LogP contribution in [0.5, 0.6) is 0 Å². The fraction of sp³-hybridized carbons (Fsp3) is 0.538. The number of aromatic nitrogens is 1. The molecule has 0 aliphatic rings. The second-order valence-corrected chi connectivity index (χ2v) is 5.29. The number of amides is 1. The number of hydrogen-bond acceptors (Lipinski definition) is 5. The predicted octanol–water partition coefficient (Wildman–Crippen LogP) is 1.91. The molecule has 19 heavy (non-hydrogen) atoms. The third kappa shape index (κ3) is 5.94. The quantitative estimate of drug-likeness (QED) is 0.724. The summed E-state index contributed by atoms with van der Waals surface area (Å²) in [5.41, 5.74) is 6.74. The van der Waals surface area contributed by atoms with Crippen molar-refractivity contribution < 1.29 is 9.53 Å². The number of nitrogens with zero attached hydrogens (tertiary/aromatic N) is 1. The lowest BCUT2D eigenvalue weighted by molar-refractivity contribution is 0.0530. The molecule has 0 fully saturated rings. The van der Waals surface area contributed by atoms with Crippen LogP contribution in [0, 0.1) is 6.92 Å². The lowest BCUT2D eigenvalue weighted by Gasteiger charge is -2.19. The zero-order valence-electron chi connectivity index (χ0n) is 11.9. The average Bonchev–Trinajstić information content (AvgIpc) is 2.24. The van der Waals surface area contributed by atoms with E-state index in [9.17, 15) is 4.79 Å². The Balaban J connectivity index is 2.29. The summed E-state index contributed by atoms with van der Waals surface area (Å²) in [5.74, 6) is 0.764. The van der Waals surface area contributed by atoms with Crippen LogP contribution in [-0.2, 0) is 4.74 Å². The van der Waals surface area contributed by atoms with Crippen LogP contribution in [0.1, 0.15) is 26.3 Å². The standard InChI is InChI=1S/C13H22N4O2/c1-9-7-10(14)8-17-11(9)15-5-6-16-12(18)19-13(2,3)4/h7-8H,5-6,14H2,1-4H3,(H,15,17)(H,16,18). The number of nitrogens with one attached hydrogen (secondary N) is 2. The van der Waals surface area contributed by atoms with Crippen molar-refractivity contribution in [2.75, 3.05) is 24.1 Å². The van der Waals surface area contributed by atoms with Crippen molar-refractivity contribution in [3.63, 3.8) is 0 Å². The van der Waals surface area contributed by atoms with E-state index in [-0.39, 0.29) is 0 Å². The third-order valence-electron chi connectivity index (χ3n) is 2.19. The number of alkyl carbamates (subject to hydrolysis) is 1. The van der Waals surface area contributed by atoms with Crippen LogP contribution >= 0.6 is 0 Å². The number of pyridine rings is 1. The van der Waals surface area contributed by atoms with Gasteiger partial charge in [-0.05, 0) is 39.3 Å². The minimum Gasteiger partial charge on any atom is -0.444 e. The zero-order valence-corrected chi connectivity index (χ0v) is 11.9. The maximum absolute atomic E-state index is 11.4. The topological polar surface area (TPSA) is 89.3 Å². The Bertz CT molecular complexity index is 441. The highest BCUT2D eigenvalue weighted by molar-refractivity contribution is 5.67. The van der Waals surface area contributed by atoms with Gasteiger partial charge < -0.3 is 21.1 Å². The van der Waals surface area contributed by atoms with Gasteiger partial charge in [-0.1, -0.05) is 0 Å². The Morgan fingerprint density at radius 1 is 1.42 bits per heavy atom. The lowest BCUT2D eigenvalue weighted by atomic mass is 10.2. The number of aryl methyl sites for hydroxylation is 1. The summed E-state index contributed by atoms with van der Waals surface area (Å²) in [7, 11) is 0. The largest absolute Gasteiger partial charge is 0.444 e. The normalized spacial score (nSPS) is 10.9. The number of hydrogen-bond donors (Lipinski definition) is 3. The summed E-state index contributed by atoms with van der Waals surface area (Å²) in [5, 5.41) is 5.79. The number of carbonyl (C=O) groups is 1. The van der Waals surface area contributed by atoms with Crippen molar-refractivity contribution in [3.8, 4) is 0 Å². The summed E-state index contributed by atoms with van der Waals surface area (Å²) in [6, 6.07) is 1.84. The van der Waals surface area contributed by atoms with E-state index in [1.54, 1.807) is 6.20 Å². The molecule has 0 aliphatic heterocycles. The SMILES string of the molecule is Cc1cc(N)cnc1NCCNC(=O)OC(C)(C)C. The first-order valence-electron chi connectivity index (χ1n) is 6.21. The van der Waals surface area contributed by atoms with Crippen molar-refractivity contribution in [2.24, 2.45) is 0 Å². The molecule has 0 saturated heterocycles. The molecular formula is C13H22N4O2. The Kier molecular flexibility index (Phi) is 4.97. The van der Waals surface area contributed by atoms with E-state index in [0.717, 1.165) is 11.4 Å². The summed E-state index contributed by atoms with van der Waals surface area (Å²) in [6.45, 7) is 8.43. The first-order valence-corrected chi connectivity index (χ1v) is 6.21. The van der Waals surface area contributed by atoms with Gasteiger partial charge in [0.05, 0.1) is 11.9 Å². The smallest absolute Gasteiger partial charge is 0.407 e. The Hall–Kier alpha value is -1.98. The van der Waals surface area contributed by atoms with Gasteiger partial charge >= 0.3 is 6.09 Å². The second kappa shape index (κ2) is 6.26. The molecule has 0 spiro atoms. The van der Waals surface area contributed by atoms with Gasteiger partial charge in [0.2, 0.25) is 0 Å². The van der Waals surface area contributed by atoms with E-state index in [0.29, 0.717) is 18.8 Å². The van der Waals surface area contributed by atoms with Gasteiger partial charge in [-0.2, -0.15) is 0 Å². The second-order valence-electron chi connectivity index (χ2n) is 5.29. The van der Waals surface area contributed by atoms with Gasteiger partial charge in [0.25, 0.3) is 0 Å². The van der Waals surface area contributed by atoms with Crippen LogP contribution in [-0.4, -0.2) is 29.8 Å². The summed E-state index contributed by atoms with van der Waals surface area (Å²) < 4.78 is 5.12. The van der Waals surface area contributed by atoms with Crippen LogP contribution in [0.25, 0.3) is 0 Å². The predicted molar refractivity (Wildman–Crippen MR) is 76.1 cm³/mol.